The summed E-state index contributed by atoms with van der Waals surface area (Å²) in [5.74, 6) is -1.34. The summed E-state index contributed by atoms with van der Waals surface area (Å²) < 4.78 is 5.11. The van der Waals surface area contributed by atoms with Crippen molar-refractivity contribution in [2.75, 3.05) is 11.5 Å². The number of anilines is 1. The second-order valence-electron chi connectivity index (χ2n) is 5.85. The van der Waals surface area contributed by atoms with E-state index in [0.717, 1.165) is 6.42 Å². The molecule has 1 saturated heterocycles. The van der Waals surface area contributed by atoms with Gasteiger partial charge in [0.05, 0.1) is 29.7 Å². The first kappa shape index (κ1) is 15.5. The third-order valence-electron chi connectivity index (χ3n) is 4.28. The number of carbonyl (C=O) groups is 3. The van der Waals surface area contributed by atoms with Gasteiger partial charge in [0.2, 0.25) is 11.8 Å². The fourth-order valence-electron chi connectivity index (χ4n) is 3.10. The molecule has 1 aromatic carbocycles. The van der Waals surface area contributed by atoms with Crippen LogP contribution in [0.15, 0.2) is 36.4 Å². The molecule has 5 nitrogen and oxygen atoms in total. The summed E-state index contributed by atoms with van der Waals surface area (Å²) in [6.45, 7) is 2.27. The molecule has 1 aromatic rings. The molecule has 0 aromatic heterocycles. The van der Waals surface area contributed by atoms with Crippen LogP contribution < -0.4 is 4.90 Å². The number of allylic oxidation sites excluding steroid dienone is 2. The van der Waals surface area contributed by atoms with Gasteiger partial charge in [-0.1, -0.05) is 25.1 Å². The number of amides is 2. The topological polar surface area (TPSA) is 63.7 Å². The van der Waals surface area contributed by atoms with Gasteiger partial charge in [0.1, 0.15) is 0 Å². The highest BCUT2D eigenvalue weighted by Gasteiger charge is 2.47. The van der Waals surface area contributed by atoms with E-state index in [4.69, 9.17) is 4.74 Å². The van der Waals surface area contributed by atoms with Crippen molar-refractivity contribution in [3.05, 3.63) is 42.0 Å². The minimum Gasteiger partial charge on any atom is -0.462 e. The average Bonchev–Trinajstić information content (AvgIpc) is 2.84. The van der Waals surface area contributed by atoms with Crippen LogP contribution in [-0.2, 0) is 14.3 Å². The number of benzene rings is 1. The molecular weight excluding hydrogens is 294 g/mol. The van der Waals surface area contributed by atoms with Gasteiger partial charge in [0.25, 0.3) is 0 Å². The van der Waals surface area contributed by atoms with Crippen molar-refractivity contribution in [1.29, 1.82) is 0 Å². The van der Waals surface area contributed by atoms with Crippen LogP contribution in [0.3, 0.4) is 0 Å². The van der Waals surface area contributed by atoms with Crippen LogP contribution in [0.25, 0.3) is 0 Å². The van der Waals surface area contributed by atoms with Crippen LogP contribution in [0.1, 0.15) is 36.5 Å². The maximum Gasteiger partial charge on any atom is 0.338 e. The molecule has 0 radical (unpaired) electrons. The number of hydrogen-bond donors (Lipinski definition) is 0. The lowest BCUT2D eigenvalue weighted by molar-refractivity contribution is -0.122. The Morgan fingerprint density at radius 1 is 1.17 bits per heavy atom. The number of ether oxygens (including phenoxy) is 1. The van der Waals surface area contributed by atoms with Crippen LogP contribution in [0.5, 0.6) is 0 Å². The SMILES string of the molecule is CCCOC(=O)c1cccc(N2C(=O)[C@H]3CC=CC[C@@H]3C2=O)c1. The molecule has 0 N–H and O–H groups in total. The number of hydrogen-bond acceptors (Lipinski definition) is 4. The van der Waals surface area contributed by atoms with Gasteiger partial charge < -0.3 is 4.74 Å². The van der Waals surface area contributed by atoms with Crippen LogP contribution in [0.2, 0.25) is 0 Å². The Bertz CT molecular complexity index is 653. The van der Waals surface area contributed by atoms with Gasteiger partial charge in [-0.2, -0.15) is 0 Å². The van der Waals surface area contributed by atoms with Crippen LogP contribution in [-0.4, -0.2) is 24.4 Å². The molecule has 2 atom stereocenters. The second-order valence-corrected chi connectivity index (χ2v) is 5.85. The molecule has 3 rings (SSSR count). The lowest BCUT2D eigenvalue weighted by Crippen LogP contribution is -2.31. The third kappa shape index (κ3) is 2.79. The fraction of sp³-hybridized carbons (Fsp3) is 0.389. The van der Waals surface area contributed by atoms with Gasteiger partial charge in [0.15, 0.2) is 0 Å². The zero-order valence-corrected chi connectivity index (χ0v) is 13.0. The van der Waals surface area contributed by atoms with Crippen LogP contribution >= 0.6 is 0 Å². The molecule has 120 valence electrons. The van der Waals surface area contributed by atoms with Crippen LogP contribution in [0, 0.1) is 11.8 Å². The first-order valence-corrected chi connectivity index (χ1v) is 7.93. The lowest BCUT2D eigenvalue weighted by Gasteiger charge is -2.15. The van der Waals surface area contributed by atoms with E-state index in [1.54, 1.807) is 24.3 Å². The summed E-state index contributed by atoms with van der Waals surface area (Å²) >= 11 is 0. The van der Waals surface area contributed by atoms with Crippen molar-refractivity contribution < 1.29 is 19.1 Å². The largest absolute Gasteiger partial charge is 0.462 e. The van der Waals surface area contributed by atoms with Gasteiger partial charge >= 0.3 is 5.97 Å². The minimum atomic E-state index is -0.438. The Kier molecular flexibility index (Phi) is 4.28. The van der Waals surface area contributed by atoms with Gasteiger partial charge in [-0.25, -0.2) is 4.79 Å². The monoisotopic (exact) mass is 313 g/mol. The first-order valence-electron chi connectivity index (χ1n) is 7.93. The highest BCUT2D eigenvalue weighted by Crippen LogP contribution is 2.37. The molecule has 2 aliphatic rings. The number of rotatable bonds is 4. The molecule has 1 aliphatic heterocycles. The van der Waals surface area contributed by atoms with E-state index in [1.165, 1.54) is 4.90 Å². The van der Waals surface area contributed by atoms with Crippen LogP contribution in [0.4, 0.5) is 5.69 Å². The Morgan fingerprint density at radius 2 is 1.83 bits per heavy atom. The summed E-state index contributed by atoms with van der Waals surface area (Å²) in [5.41, 5.74) is 0.796. The minimum absolute atomic E-state index is 0.177. The average molecular weight is 313 g/mol. The molecule has 1 heterocycles. The van der Waals surface area contributed by atoms with E-state index in [0.29, 0.717) is 30.7 Å². The van der Waals surface area contributed by atoms with Crippen molar-refractivity contribution in [3.63, 3.8) is 0 Å². The first-order chi connectivity index (χ1) is 11.1. The van der Waals surface area contributed by atoms with E-state index >= 15 is 0 Å². The van der Waals surface area contributed by atoms with Crippen molar-refractivity contribution in [2.24, 2.45) is 11.8 Å². The van der Waals surface area contributed by atoms with E-state index in [9.17, 15) is 14.4 Å². The molecule has 1 aliphatic carbocycles. The fourth-order valence-corrected chi connectivity index (χ4v) is 3.10. The normalized spacial score (nSPS) is 23.1. The molecule has 5 heteroatoms. The molecule has 0 saturated carbocycles. The summed E-state index contributed by atoms with van der Waals surface area (Å²) in [5, 5.41) is 0. The standard InChI is InChI=1S/C18H19NO4/c1-2-10-23-18(22)12-6-5-7-13(11-12)19-16(20)14-8-3-4-9-15(14)17(19)21/h3-7,11,14-15H,2,8-10H2,1H3/t14-,15-/m0/s1. The Morgan fingerprint density at radius 3 is 2.43 bits per heavy atom. The number of imide groups is 1. The number of carbonyl (C=O) groups excluding carboxylic acids is 3. The van der Waals surface area contributed by atoms with Gasteiger partial charge in [-0.15, -0.1) is 0 Å². The lowest BCUT2D eigenvalue weighted by atomic mass is 9.85. The zero-order valence-electron chi connectivity index (χ0n) is 13.0. The van der Waals surface area contributed by atoms with Gasteiger partial charge in [-0.3, -0.25) is 14.5 Å². The maximum absolute atomic E-state index is 12.6. The number of fused-ring (bicyclic) bond motifs is 1. The number of nitrogens with zero attached hydrogens (tertiary/aromatic N) is 1. The molecule has 0 bridgehead atoms. The highest BCUT2D eigenvalue weighted by atomic mass is 16.5. The third-order valence-corrected chi connectivity index (χ3v) is 4.28. The van der Waals surface area contributed by atoms with Gasteiger partial charge in [0, 0.05) is 0 Å². The summed E-state index contributed by atoms with van der Waals surface area (Å²) in [6.07, 6.45) is 5.85. The van der Waals surface area contributed by atoms with Crippen molar-refractivity contribution in [3.8, 4) is 0 Å². The van der Waals surface area contributed by atoms with Crippen molar-refractivity contribution >= 4 is 23.5 Å². The van der Waals surface area contributed by atoms with E-state index < -0.39 is 5.97 Å². The molecule has 2 amide bonds. The summed E-state index contributed by atoms with van der Waals surface area (Å²) in [4.78, 5) is 38.3. The molecule has 0 unspecified atom stereocenters. The smallest absolute Gasteiger partial charge is 0.338 e. The van der Waals surface area contributed by atoms with Gasteiger partial charge in [-0.05, 0) is 37.5 Å². The second kappa shape index (κ2) is 6.36. The zero-order chi connectivity index (χ0) is 16.4. The summed E-state index contributed by atoms with van der Waals surface area (Å²) in [7, 11) is 0. The van der Waals surface area contributed by atoms with Crippen molar-refractivity contribution in [2.45, 2.75) is 26.2 Å². The molecule has 23 heavy (non-hydrogen) atoms. The van der Waals surface area contributed by atoms with Crippen molar-refractivity contribution in [1.82, 2.24) is 0 Å². The van der Waals surface area contributed by atoms with E-state index in [1.807, 2.05) is 19.1 Å². The predicted octanol–water partition coefficient (Wildman–Crippen LogP) is 2.71. The highest BCUT2D eigenvalue weighted by molar-refractivity contribution is 6.22. The molecular formula is C18H19NO4. The Hall–Kier alpha value is -2.43. The van der Waals surface area contributed by atoms with E-state index in [2.05, 4.69) is 0 Å². The predicted molar refractivity (Wildman–Crippen MR) is 84.9 cm³/mol. The Balaban J connectivity index is 1.86. The molecule has 0 spiro atoms. The quantitative estimate of drug-likeness (QED) is 0.487. The number of esters is 1. The summed E-state index contributed by atoms with van der Waals surface area (Å²) in [6, 6.07) is 6.52. The maximum atomic E-state index is 12.6. The van der Waals surface area contributed by atoms with E-state index in [-0.39, 0.29) is 23.7 Å². The molecule has 1 fully saturated rings. The Labute approximate surface area is 134 Å².